The van der Waals surface area contributed by atoms with E-state index in [1.165, 1.54) is 11.0 Å². The summed E-state index contributed by atoms with van der Waals surface area (Å²) in [7, 11) is 0. The van der Waals surface area contributed by atoms with Crippen molar-refractivity contribution in [3.05, 3.63) is 30.4 Å². The molecule has 0 bridgehead atoms. The van der Waals surface area contributed by atoms with Crippen molar-refractivity contribution < 1.29 is 4.79 Å². The fourth-order valence-electron chi connectivity index (χ4n) is 2.12. The molecule has 1 aliphatic rings. The number of hydrogen-bond donors (Lipinski definition) is 1. The van der Waals surface area contributed by atoms with Gasteiger partial charge in [0.05, 0.1) is 18.3 Å². The molecule has 2 aromatic heterocycles. The minimum absolute atomic E-state index is 0.120. The Morgan fingerprint density at radius 2 is 2.15 bits per heavy atom. The molecule has 1 N–H and O–H groups in total. The fourth-order valence-corrected chi connectivity index (χ4v) is 2.12. The quantitative estimate of drug-likeness (QED) is 0.774. The SMILES string of the molecule is O=C(Cc1ccc(-n2cnnn2)cn1)N1CCNCC1. The summed E-state index contributed by atoms with van der Waals surface area (Å²) in [4.78, 5) is 18.3. The van der Waals surface area contributed by atoms with Gasteiger partial charge in [-0.15, -0.1) is 5.10 Å². The monoisotopic (exact) mass is 273 g/mol. The number of aromatic nitrogens is 5. The maximum absolute atomic E-state index is 12.1. The number of tetrazole rings is 1. The van der Waals surface area contributed by atoms with Gasteiger partial charge in [0.15, 0.2) is 0 Å². The molecule has 3 rings (SSSR count). The van der Waals surface area contributed by atoms with Gasteiger partial charge in [-0.1, -0.05) is 0 Å². The van der Waals surface area contributed by atoms with Crippen molar-refractivity contribution in [2.75, 3.05) is 26.2 Å². The first-order chi connectivity index (χ1) is 9.83. The van der Waals surface area contributed by atoms with Crippen molar-refractivity contribution in [3.63, 3.8) is 0 Å². The van der Waals surface area contributed by atoms with Crippen LogP contribution in [0.15, 0.2) is 24.7 Å². The van der Waals surface area contributed by atoms with E-state index in [0.717, 1.165) is 37.6 Å². The van der Waals surface area contributed by atoms with Crippen LogP contribution in [0.25, 0.3) is 5.69 Å². The van der Waals surface area contributed by atoms with E-state index in [1.54, 1.807) is 6.20 Å². The van der Waals surface area contributed by atoms with E-state index in [2.05, 4.69) is 25.8 Å². The van der Waals surface area contributed by atoms with Gasteiger partial charge < -0.3 is 10.2 Å². The first-order valence-corrected chi connectivity index (χ1v) is 6.50. The van der Waals surface area contributed by atoms with E-state index < -0.39 is 0 Å². The van der Waals surface area contributed by atoms with Crippen molar-refractivity contribution in [2.24, 2.45) is 0 Å². The van der Waals surface area contributed by atoms with Crippen molar-refractivity contribution in [1.82, 2.24) is 35.4 Å². The van der Waals surface area contributed by atoms with E-state index >= 15 is 0 Å². The highest BCUT2D eigenvalue weighted by Crippen LogP contribution is 2.06. The number of piperazine rings is 1. The van der Waals surface area contributed by atoms with E-state index in [9.17, 15) is 4.79 Å². The molecular weight excluding hydrogens is 258 g/mol. The molecule has 20 heavy (non-hydrogen) atoms. The van der Waals surface area contributed by atoms with Crippen LogP contribution in [-0.2, 0) is 11.2 Å². The van der Waals surface area contributed by atoms with Gasteiger partial charge in [0.1, 0.15) is 6.33 Å². The second-order valence-corrected chi connectivity index (χ2v) is 4.57. The predicted molar refractivity (Wildman–Crippen MR) is 70.1 cm³/mol. The third-order valence-corrected chi connectivity index (χ3v) is 3.22. The molecule has 0 aromatic carbocycles. The standard InChI is InChI=1S/C12H15N7O/c20-12(18-5-3-13-4-6-18)7-10-1-2-11(8-14-10)19-9-15-16-17-19/h1-2,8-9,13H,3-7H2. The molecule has 0 aliphatic carbocycles. The summed E-state index contributed by atoms with van der Waals surface area (Å²) >= 11 is 0. The lowest BCUT2D eigenvalue weighted by molar-refractivity contribution is -0.131. The number of carbonyl (C=O) groups excluding carboxylic acids is 1. The molecule has 104 valence electrons. The molecule has 8 heteroatoms. The summed E-state index contributed by atoms with van der Waals surface area (Å²) in [5.74, 6) is 0.120. The van der Waals surface area contributed by atoms with Crippen LogP contribution in [0.3, 0.4) is 0 Å². The minimum Gasteiger partial charge on any atom is -0.340 e. The van der Waals surface area contributed by atoms with E-state index in [-0.39, 0.29) is 5.91 Å². The second kappa shape index (κ2) is 5.74. The molecule has 0 saturated carbocycles. The molecule has 3 heterocycles. The van der Waals surface area contributed by atoms with E-state index in [1.807, 2.05) is 17.0 Å². The van der Waals surface area contributed by atoms with E-state index in [4.69, 9.17) is 0 Å². The Bertz CT molecular complexity index is 560. The van der Waals surface area contributed by atoms with Gasteiger partial charge in [-0.3, -0.25) is 9.78 Å². The van der Waals surface area contributed by atoms with Gasteiger partial charge in [0.2, 0.25) is 5.91 Å². The first kappa shape index (κ1) is 12.7. The van der Waals surface area contributed by atoms with Crippen LogP contribution >= 0.6 is 0 Å². The van der Waals surface area contributed by atoms with Crippen LogP contribution in [0.2, 0.25) is 0 Å². The minimum atomic E-state index is 0.120. The maximum atomic E-state index is 12.1. The third kappa shape index (κ3) is 2.80. The molecule has 0 radical (unpaired) electrons. The second-order valence-electron chi connectivity index (χ2n) is 4.57. The zero-order valence-corrected chi connectivity index (χ0v) is 10.9. The summed E-state index contributed by atoms with van der Waals surface area (Å²) in [6.45, 7) is 3.25. The Labute approximate surface area is 115 Å². The molecule has 1 aliphatic heterocycles. The normalized spacial score (nSPS) is 15.3. The summed E-state index contributed by atoms with van der Waals surface area (Å²) in [5.41, 5.74) is 1.53. The highest BCUT2D eigenvalue weighted by Gasteiger charge is 2.16. The highest BCUT2D eigenvalue weighted by molar-refractivity contribution is 5.78. The van der Waals surface area contributed by atoms with Crippen LogP contribution in [0, 0.1) is 0 Å². The van der Waals surface area contributed by atoms with Crippen molar-refractivity contribution >= 4 is 5.91 Å². The first-order valence-electron chi connectivity index (χ1n) is 6.50. The average Bonchev–Trinajstić information content (AvgIpc) is 3.03. The number of pyridine rings is 1. The summed E-state index contributed by atoms with van der Waals surface area (Å²) in [6.07, 6.45) is 3.50. The van der Waals surface area contributed by atoms with Gasteiger partial charge in [0.25, 0.3) is 0 Å². The van der Waals surface area contributed by atoms with Crippen LogP contribution in [0.5, 0.6) is 0 Å². The molecule has 0 atom stereocenters. The van der Waals surface area contributed by atoms with Crippen LogP contribution in [0.1, 0.15) is 5.69 Å². The van der Waals surface area contributed by atoms with Crippen molar-refractivity contribution in [1.29, 1.82) is 0 Å². The lowest BCUT2D eigenvalue weighted by Crippen LogP contribution is -2.47. The average molecular weight is 273 g/mol. The van der Waals surface area contributed by atoms with Crippen molar-refractivity contribution in [2.45, 2.75) is 6.42 Å². The smallest absolute Gasteiger partial charge is 0.228 e. The van der Waals surface area contributed by atoms with Crippen molar-refractivity contribution in [3.8, 4) is 5.69 Å². The third-order valence-electron chi connectivity index (χ3n) is 3.22. The number of hydrogen-bond acceptors (Lipinski definition) is 6. The summed E-state index contributed by atoms with van der Waals surface area (Å²) < 4.78 is 1.52. The Kier molecular flexibility index (Phi) is 3.64. The number of amides is 1. The highest BCUT2D eigenvalue weighted by atomic mass is 16.2. The molecule has 0 unspecified atom stereocenters. The maximum Gasteiger partial charge on any atom is 0.228 e. The molecule has 1 amide bonds. The number of nitrogens with one attached hydrogen (secondary N) is 1. The summed E-state index contributed by atoms with van der Waals surface area (Å²) in [6, 6.07) is 3.68. The largest absolute Gasteiger partial charge is 0.340 e. The Hall–Kier alpha value is -2.35. The number of carbonyl (C=O) groups is 1. The van der Waals surface area contributed by atoms with Gasteiger partial charge in [-0.25, -0.2) is 0 Å². The predicted octanol–water partition coefficient (Wildman–Crippen LogP) is -0.968. The summed E-state index contributed by atoms with van der Waals surface area (Å²) in [5, 5.41) is 14.1. The van der Waals surface area contributed by atoms with Gasteiger partial charge in [0, 0.05) is 31.9 Å². The van der Waals surface area contributed by atoms with E-state index in [0.29, 0.717) is 6.42 Å². The van der Waals surface area contributed by atoms with Gasteiger partial charge >= 0.3 is 0 Å². The Morgan fingerprint density at radius 3 is 2.80 bits per heavy atom. The molecule has 1 fully saturated rings. The molecule has 8 nitrogen and oxygen atoms in total. The van der Waals surface area contributed by atoms with Crippen LogP contribution < -0.4 is 5.32 Å². The zero-order chi connectivity index (χ0) is 13.8. The van der Waals surface area contributed by atoms with Gasteiger partial charge in [-0.05, 0) is 22.6 Å². The molecular formula is C12H15N7O. The lowest BCUT2D eigenvalue weighted by atomic mass is 10.2. The Balaban J connectivity index is 1.64. The zero-order valence-electron chi connectivity index (χ0n) is 10.9. The lowest BCUT2D eigenvalue weighted by Gasteiger charge is -2.27. The fraction of sp³-hybridized carbons (Fsp3) is 0.417. The van der Waals surface area contributed by atoms with Crippen LogP contribution in [-0.4, -0.2) is 62.2 Å². The number of rotatable bonds is 3. The Morgan fingerprint density at radius 1 is 1.30 bits per heavy atom. The molecule has 1 saturated heterocycles. The topological polar surface area (TPSA) is 88.8 Å². The molecule has 2 aromatic rings. The van der Waals surface area contributed by atoms with Gasteiger partial charge in [-0.2, -0.15) is 4.68 Å². The molecule has 0 spiro atoms. The van der Waals surface area contributed by atoms with Crippen LogP contribution in [0.4, 0.5) is 0 Å². The number of nitrogens with zero attached hydrogens (tertiary/aromatic N) is 6.